The van der Waals surface area contributed by atoms with Crippen molar-refractivity contribution in [2.45, 2.75) is 20.3 Å². The summed E-state index contributed by atoms with van der Waals surface area (Å²) >= 11 is 0. The Labute approximate surface area is 138 Å². The third-order valence-corrected chi connectivity index (χ3v) is 3.35. The number of methoxy groups -OCH3 is 2. The summed E-state index contributed by atoms with van der Waals surface area (Å²) in [6, 6.07) is 7.95. The summed E-state index contributed by atoms with van der Waals surface area (Å²) in [4.78, 5) is 15.8. The van der Waals surface area contributed by atoms with E-state index in [-0.39, 0.29) is 11.9 Å². The van der Waals surface area contributed by atoms with E-state index < -0.39 is 0 Å². The van der Waals surface area contributed by atoms with Crippen molar-refractivity contribution >= 4 is 11.9 Å². The Kier molecular flexibility index (Phi) is 8.57. The Morgan fingerprint density at radius 3 is 2.65 bits per heavy atom. The number of guanidine groups is 1. The lowest BCUT2D eigenvalue weighted by Gasteiger charge is -2.13. The van der Waals surface area contributed by atoms with Gasteiger partial charge in [-0.2, -0.15) is 0 Å². The minimum atomic E-state index is -0.260. The molecule has 0 saturated carbocycles. The summed E-state index contributed by atoms with van der Waals surface area (Å²) in [5.41, 5.74) is 1.14. The van der Waals surface area contributed by atoms with E-state index in [1.165, 1.54) is 7.11 Å². The summed E-state index contributed by atoms with van der Waals surface area (Å²) in [5, 5.41) is 6.43. The molecular formula is C17H27N3O3. The van der Waals surface area contributed by atoms with Crippen LogP contribution in [0.5, 0.6) is 5.75 Å². The molecule has 2 N–H and O–H groups in total. The van der Waals surface area contributed by atoms with E-state index >= 15 is 0 Å². The van der Waals surface area contributed by atoms with Gasteiger partial charge < -0.3 is 20.1 Å². The van der Waals surface area contributed by atoms with Crippen LogP contribution < -0.4 is 15.4 Å². The van der Waals surface area contributed by atoms with Gasteiger partial charge in [0.1, 0.15) is 5.75 Å². The van der Waals surface area contributed by atoms with Crippen LogP contribution in [-0.2, 0) is 16.0 Å². The number of ether oxygens (including phenoxy) is 2. The van der Waals surface area contributed by atoms with Crippen LogP contribution in [0.2, 0.25) is 0 Å². The third-order valence-electron chi connectivity index (χ3n) is 3.35. The van der Waals surface area contributed by atoms with Gasteiger partial charge in [-0.1, -0.05) is 25.1 Å². The molecule has 0 radical (unpaired) electrons. The highest BCUT2D eigenvalue weighted by Gasteiger charge is 2.12. The van der Waals surface area contributed by atoms with Gasteiger partial charge in [0.05, 0.1) is 26.7 Å². The van der Waals surface area contributed by atoms with Crippen LogP contribution in [0.15, 0.2) is 29.3 Å². The van der Waals surface area contributed by atoms with Crippen molar-refractivity contribution in [1.29, 1.82) is 0 Å². The van der Waals surface area contributed by atoms with Crippen LogP contribution in [-0.4, -0.2) is 45.8 Å². The number of esters is 1. The number of benzene rings is 1. The van der Waals surface area contributed by atoms with Crippen LogP contribution in [0, 0.1) is 5.92 Å². The fourth-order valence-electron chi connectivity index (χ4n) is 2.07. The molecule has 0 fully saturated rings. The van der Waals surface area contributed by atoms with Gasteiger partial charge in [0.2, 0.25) is 0 Å². The van der Waals surface area contributed by atoms with Gasteiger partial charge in [-0.25, -0.2) is 0 Å². The van der Waals surface area contributed by atoms with E-state index in [0.29, 0.717) is 12.5 Å². The van der Waals surface area contributed by atoms with Gasteiger partial charge in [0.15, 0.2) is 5.96 Å². The quantitative estimate of drug-likeness (QED) is 0.432. The SMILES string of the molecule is CCNC(=NCC(C)C(=O)OC)NCCc1ccccc1OC. The molecule has 0 spiro atoms. The van der Waals surface area contributed by atoms with Crippen LogP contribution >= 0.6 is 0 Å². The Hall–Kier alpha value is -2.24. The zero-order valence-electron chi connectivity index (χ0n) is 14.4. The number of carbonyl (C=O) groups is 1. The minimum Gasteiger partial charge on any atom is -0.496 e. The van der Waals surface area contributed by atoms with Crippen molar-refractivity contribution in [3.63, 3.8) is 0 Å². The third kappa shape index (κ3) is 6.59. The molecule has 0 amide bonds. The monoisotopic (exact) mass is 321 g/mol. The molecule has 128 valence electrons. The van der Waals surface area contributed by atoms with Crippen molar-refractivity contribution in [2.75, 3.05) is 33.9 Å². The molecule has 1 atom stereocenters. The standard InChI is InChI=1S/C17H27N3O3/c1-5-18-17(20-12-13(2)16(21)23-4)19-11-10-14-8-6-7-9-15(14)22-3/h6-9,13H,5,10-12H2,1-4H3,(H2,18,19,20). The van der Waals surface area contributed by atoms with E-state index in [1.54, 1.807) is 14.0 Å². The number of hydrogen-bond donors (Lipinski definition) is 2. The van der Waals surface area contributed by atoms with Crippen LogP contribution in [0.3, 0.4) is 0 Å². The number of para-hydroxylation sites is 1. The zero-order chi connectivity index (χ0) is 17.1. The predicted molar refractivity (Wildman–Crippen MR) is 91.9 cm³/mol. The molecule has 0 aliphatic carbocycles. The minimum absolute atomic E-state index is 0.251. The zero-order valence-corrected chi connectivity index (χ0v) is 14.4. The molecule has 0 aromatic heterocycles. The van der Waals surface area contributed by atoms with Gasteiger partial charge in [0.25, 0.3) is 0 Å². The van der Waals surface area contributed by atoms with Gasteiger partial charge in [-0.05, 0) is 25.0 Å². The second-order valence-electron chi connectivity index (χ2n) is 5.13. The summed E-state index contributed by atoms with van der Waals surface area (Å²) < 4.78 is 10.0. The van der Waals surface area contributed by atoms with E-state index in [2.05, 4.69) is 15.6 Å². The number of aliphatic imine (C=N–C) groups is 1. The molecule has 1 rings (SSSR count). The van der Waals surface area contributed by atoms with Gasteiger partial charge in [0, 0.05) is 13.1 Å². The normalized spacial score (nSPS) is 12.4. The Bertz CT molecular complexity index is 518. The Morgan fingerprint density at radius 2 is 2.00 bits per heavy atom. The summed E-state index contributed by atoms with van der Waals surface area (Å²) in [7, 11) is 3.06. The van der Waals surface area contributed by atoms with Gasteiger partial charge in [-0.15, -0.1) is 0 Å². The summed E-state index contributed by atoms with van der Waals surface area (Å²) in [6.07, 6.45) is 0.820. The molecule has 6 heteroatoms. The maximum absolute atomic E-state index is 11.4. The average molecular weight is 321 g/mol. The first-order chi connectivity index (χ1) is 11.1. The topological polar surface area (TPSA) is 72.0 Å². The summed E-state index contributed by atoms with van der Waals surface area (Å²) in [6.45, 7) is 5.66. The van der Waals surface area contributed by atoms with Crippen molar-refractivity contribution in [3.8, 4) is 5.75 Å². The maximum Gasteiger partial charge on any atom is 0.310 e. The molecule has 23 heavy (non-hydrogen) atoms. The van der Waals surface area contributed by atoms with Crippen molar-refractivity contribution in [3.05, 3.63) is 29.8 Å². The highest BCUT2D eigenvalue weighted by molar-refractivity contribution is 5.80. The van der Waals surface area contributed by atoms with E-state index in [1.807, 2.05) is 31.2 Å². The van der Waals surface area contributed by atoms with Crippen LogP contribution in [0.25, 0.3) is 0 Å². The molecule has 0 saturated heterocycles. The van der Waals surface area contributed by atoms with E-state index in [4.69, 9.17) is 9.47 Å². The average Bonchev–Trinajstić information content (AvgIpc) is 2.58. The van der Waals surface area contributed by atoms with Gasteiger partial charge >= 0.3 is 5.97 Å². The number of nitrogens with one attached hydrogen (secondary N) is 2. The largest absolute Gasteiger partial charge is 0.496 e. The van der Waals surface area contributed by atoms with Gasteiger partial charge in [-0.3, -0.25) is 9.79 Å². The molecule has 1 aromatic rings. The second-order valence-corrected chi connectivity index (χ2v) is 5.13. The first-order valence-electron chi connectivity index (χ1n) is 7.84. The molecule has 0 heterocycles. The molecule has 0 bridgehead atoms. The van der Waals surface area contributed by atoms with Crippen LogP contribution in [0.1, 0.15) is 19.4 Å². The fraction of sp³-hybridized carbons (Fsp3) is 0.529. The second kappa shape index (κ2) is 10.5. The highest BCUT2D eigenvalue weighted by Crippen LogP contribution is 2.17. The van der Waals surface area contributed by atoms with E-state index in [9.17, 15) is 4.79 Å². The fourth-order valence-corrected chi connectivity index (χ4v) is 2.07. The molecule has 6 nitrogen and oxygen atoms in total. The molecule has 1 unspecified atom stereocenters. The van der Waals surface area contributed by atoms with Crippen molar-refractivity contribution < 1.29 is 14.3 Å². The summed E-state index contributed by atoms with van der Waals surface area (Å²) in [5.74, 6) is 1.07. The first kappa shape index (κ1) is 18.8. The molecule has 0 aliphatic rings. The molecule has 0 aliphatic heterocycles. The van der Waals surface area contributed by atoms with Crippen molar-refractivity contribution in [2.24, 2.45) is 10.9 Å². The maximum atomic E-state index is 11.4. The lowest BCUT2D eigenvalue weighted by Crippen LogP contribution is -2.39. The molecule has 1 aromatic carbocycles. The smallest absolute Gasteiger partial charge is 0.310 e. The first-order valence-corrected chi connectivity index (χ1v) is 7.84. The highest BCUT2D eigenvalue weighted by atomic mass is 16.5. The lowest BCUT2D eigenvalue weighted by molar-refractivity contribution is -0.144. The van der Waals surface area contributed by atoms with Crippen LogP contribution in [0.4, 0.5) is 0 Å². The Balaban J connectivity index is 2.54. The molecular weight excluding hydrogens is 294 g/mol. The van der Waals surface area contributed by atoms with E-state index in [0.717, 1.165) is 30.8 Å². The predicted octanol–water partition coefficient (Wildman–Crippen LogP) is 1.60. The number of rotatable bonds is 8. The number of hydrogen-bond acceptors (Lipinski definition) is 4. The van der Waals surface area contributed by atoms with Crippen molar-refractivity contribution in [1.82, 2.24) is 10.6 Å². The number of nitrogens with zero attached hydrogens (tertiary/aromatic N) is 1. The number of carbonyl (C=O) groups excluding carboxylic acids is 1. The lowest BCUT2D eigenvalue weighted by atomic mass is 10.1. The Morgan fingerprint density at radius 1 is 1.26 bits per heavy atom.